The molecule has 0 aliphatic heterocycles. The molecular formula is C18H20FN3. The molecule has 22 heavy (non-hydrogen) atoms. The van der Waals surface area contributed by atoms with Gasteiger partial charge in [-0.15, -0.1) is 0 Å². The van der Waals surface area contributed by atoms with E-state index in [0.717, 1.165) is 28.6 Å². The van der Waals surface area contributed by atoms with Gasteiger partial charge in [-0.25, -0.2) is 9.37 Å². The fourth-order valence-electron chi connectivity index (χ4n) is 2.77. The molecule has 0 aliphatic carbocycles. The minimum atomic E-state index is -0.203. The normalized spacial score (nSPS) is 12.7. The van der Waals surface area contributed by atoms with Gasteiger partial charge < -0.3 is 10.7 Å². The van der Waals surface area contributed by atoms with E-state index in [9.17, 15) is 4.39 Å². The highest BCUT2D eigenvalue weighted by Gasteiger charge is 2.10. The molecule has 1 atom stereocenters. The Kier molecular flexibility index (Phi) is 3.94. The SMILES string of the molecule is CCc1c[nH]c2ncc(-c3ccc(F)c(CC(C)N)c3)cc12. The number of aryl methyl sites for hydroxylation is 1. The average molecular weight is 297 g/mol. The molecule has 114 valence electrons. The van der Waals surface area contributed by atoms with E-state index in [1.54, 1.807) is 6.07 Å². The molecule has 3 N–H and O–H groups in total. The van der Waals surface area contributed by atoms with Crippen molar-refractivity contribution in [2.24, 2.45) is 5.73 Å². The maximum Gasteiger partial charge on any atom is 0.137 e. The lowest BCUT2D eigenvalue weighted by Gasteiger charge is -2.09. The Morgan fingerprint density at radius 2 is 2.05 bits per heavy atom. The molecule has 0 saturated heterocycles. The fourth-order valence-corrected chi connectivity index (χ4v) is 2.77. The molecule has 0 bridgehead atoms. The van der Waals surface area contributed by atoms with E-state index in [1.165, 1.54) is 11.6 Å². The Balaban J connectivity index is 2.06. The molecule has 3 nitrogen and oxygen atoms in total. The molecule has 2 heterocycles. The van der Waals surface area contributed by atoms with Crippen molar-refractivity contribution in [1.82, 2.24) is 9.97 Å². The van der Waals surface area contributed by atoms with Crippen LogP contribution < -0.4 is 5.73 Å². The highest BCUT2D eigenvalue weighted by atomic mass is 19.1. The number of aromatic nitrogens is 2. The lowest BCUT2D eigenvalue weighted by molar-refractivity contribution is 0.596. The topological polar surface area (TPSA) is 54.7 Å². The number of hydrogen-bond acceptors (Lipinski definition) is 2. The predicted molar refractivity (Wildman–Crippen MR) is 88.2 cm³/mol. The maximum atomic E-state index is 13.9. The van der Waals surface area contributed by atoms with E-state index in [-0.39, 0.29) is 11.9 Å². The summed E-state index contributed by atoms with van der Waals surface area (Å²) < 4.78 is 13.9. The first kappa shape index (κ1) is 14.7. The standard InChI is InChI=1S/C18H20FN3/c1-3-12-9-21-18-16(12)8-15(10-22-18)13-4-5-17(19)14(7-13)6-11(2)20/h4-5,7-11H,3,6,20H2,1-2H3,(H,21,22). The summed E-state index contributed by atoms with van der Waals surface area (Å²) in [6, 6.07) is 7.22. The summed E-state index contributed by atoms with van der Waals surface area (Å²) in [7, 11) is 0. The van der Waals surface area contributed by atoms with Gasteiger partial charge in [0.2, 0.25) is 0 Å². The third-order valence-electron chi connectivity index (χ3n) is 3.92. The van der Waals surface area contributed by atoms with Crippen molar-refractivity contribution >= 4 is 11.0 Å². The van der Waals surface area contributed by atoms with Crippen molar-refractivity contribution in [3.8, 4) is 11.1 Å². The Labute approximate surface area is 129 Å². The molecule has 3 aromatic rings. The maximum absolute atomic E-state index is 13.9. The first-order valence-corrected chi connectivity index (χ1v) is 7.59. The van der Waals surface area contributed by atoms with Crippen LogP contribution in [0.2, 0.25) is 0 Å². The van der Waals surface area contributed by atoms with Crippen LogP contribution in [0.4, 0.5) is 4.39 Å². The van der Waals surface area contributed by atoms with E-state index in [1.807, 2.05) is 25.4 Å². The number of H-pyrrole nitrogens is 1. The lowest BCUT2D eigenvalue weighted by atomic mass is 9.99. The first-order valence-electron chi connectivity index (χ1n) is 7.59. The minimum absolute atomic E-state index is 0.0678. The van der Waals surface area contributed by atoms with Crippen molar-refractivity contribution in [3.63, 3.8) is 0 Å². The molecule has 0 spiro atoms. The van der Waals surface area contributed by atoms with Crippen molar-refractivity contribution in [3.05, 3.63) is 53.6 Å². The van der Waals surface area contributed by atoms with Gasteiger partial charge in [-0.05, 0) is 54.7 Å². The van der Waals surface area contributed by atoms with Gasteiger partial charge in [0.1, 0.15) is 11.5 Å². The van der Waals surface area contributed by atoms with Gasteiger partial charge in [0.15, 0.2) is 0 Å². The van der Waals surface area contributed by atoms with Crippen LogP contribution in [0.5, 0.6) is 0 Å². The molecule has 0 fully saturated rings. The molecule has 0 amide bonds. The Bertz CT molecular complexity index is 805. The summed E-state index contributed by atoms with van der Waals surface area (Å²) in [6.07, 6.45) is 5.29. The fraction of sp³-hybridized carbons (Fsp3) is 0.278. The first-order chi connectivity index (χ1) is 10.6. The number of rotatable bonds is 4. The zero-order chi connectivity index (χ0) is 15.7. The van der Waals surface area contributed by atoms with Gasteiger partial charge in [-0.1, -0.05) is 13.0 Å². The van der Waals surface area contributed by atoms with Crippen LogP contribution in [0, 0.1) is 5.82 Å². The number of aromatic amines is 1. The molecule has 2 aromatic heterocycles. The second kappa shape index (κ2) is 5.89. The minimum Gasteiger partial charge on any atom is -0.346 e. The summed E-state index contributed by atoms with van der Waals surface area (Å²) in [5.74, 6) is -0.203. The van der Waals surface area contributed by atoms with Gasteiger partial charge in [0.05, 0.1) is 0 Å². The van der Waals surface area contributed by atoms with Gasteiger partial charge in [-0.3, -0.25) is 0 Å². The van der Waals surface area contributed by atoms with E-state index >= 15 is 0 Å². The number of hydrogen-bond donors (Lipinski definition) is 2. The number of benzene rings is 1. The van der Waals surface area contributed by atoms with Crippen molar-refractivity contribution in [2.75, 3.05) is 0 Å². The molecule has 3 rings (SSSR count). The summed E-state index contributed by atoms with van der Waals surface area (Å²) in [5.41, 5.74) is 10.5. The molecular weight excluding hydrogens is 277 g/mol. The number of nitrogens with two attached hydrogens (primary N) is 1. The van der Waals surface area contributed by atoms with Crippen LogP contribution in [-0.2, 0) is 12.8 Å². The lowest BCUT2D eigenvalue weighted by Crippen LogP contribution is -2.18. The van der Waals surface area contributed by atoms with E-state index < -0.39 is 0 Å². The molecule has 0 aliphatic rings. The van der Waals surface area contributed by atoms with Gasteiger partial charge in [-0.2, -0.15) is 0 Å². The number of nitrogens with one attached hydrogen (secondary N) is 1. The predicted octanol–water partition coefficient (Wildman–Crippen LogP) is 3.82. The highest BCUT2D eigenvalue weighted by molar-refractivity contribution is 5.84. The third kappa shape index (κ3) is 2.74. The molecule has 1 unspecified atom stereocenters. The molecule has 0 saturated carbocycles. The summed E-state index contributed by atoms with van der Waals surface area (Å²) >= 11 is 0. The summed E-state index contributed by atoms with van der Waals surface area (Å²) in [6.45, 7) is 4.00. The van der Waals surface area contributed by atoms with Crippen molar-refractivity contribution in [2.45, 2.75) is 32.7 Å². The van der Waals surface area contributed by atoms with Crippen molar-refractivity contribution < 1.29 is 4.39 Å². The third-order valence-corrected chi connectivity index (χ3v) is 3.92. The molecule has 0 radical (unpaired) electrons. The van der Waals surface area contributed by atoms with Crippen LogP contribution >= 0.6 is 0 Å². The van der Waals surface area contributed by atoms with Crippen LogP contribution in [-0.4, -0.2) is 16.0 Å². The van der Waals surface area contributed by atoms with Gasteiger partial charge in [0.25, 0.3) is 0 Å². The van der Waals surface area contributed by atoms with E-state index in [4.69, 9.17) is 5.73 Å². The number of pyridine rings is 1. The Morgan fingerprint density at radius 1 is 1.23 bits per heavy atom. The zero-order valence-corrected chi connectivity index (χ0v) is 12.9. The van der Waals surface area contributed by atoms with Crippen LogP contribution in [0.1, 0.15) is 25.0 Å². The molecule has 4 heteroatoms. The number of halogens is 1. The second-order valence-electron chi connectivity index (χ2n) is 5.78. The van der Waals surface area contributed by atoms with E-state index in [0.29, 0.717) is 12.0 Å². The van der Waals surface area contributed by atoms with E-state index in [2.05, 4.69) is 23.0 Å². The quantitative estimate of drug-likeness (QED) is 0.769. The summed E-state index contributed by atoms with van der Waals surface area (Å²) in [4.78, 5) is 7.64. The Morgan fingerprint density at radius 3 is 2.77 bits per heavy atom. The van der Waals surface area contributed by atoms with Crippen LogP contribution in [0.25, 0.3) is 22.2 Å². The monoisotopic (exact) mass is 297 g/mol. The second-order valence-corrected chi connectivity index (χ2v) is 5.78. The van der Waals surface area contributed by atoms with Gasteiger partial charge in [0, 0.05) is 29.4 Å². The number of fused-ring (bicyclic) bond motifs is 1. The average Bonchev–Trinajstić information content (AvgIpc) is 2.91. The van der Waals surface area contributed by atoms with Crippen molar-refractivity contribution in [1.29, 1.82) is 0 Å². The highest BCUT2D eigenvalue weighted by Crippen LogP contribution is 2.26. The summed E-state index contributed by atoms with van der Waals surface area (Å²) in [5, 5.41) is 1.12. The van der Waals surface area contributed by atoms with Crippen LogP contribution in [0.15, 0.2) is 36.7 Å². The van der Waals surface area contributed by atoms with Crippen LogP contribution in [0.3, 0.4) is 0 Å². The smallest absolute Gasteiger partial charge is 0.137 e. The number of nitrogens with zero attached hydrogens (tertiary/aromatic N) is 1. The van der Waals surface area contributed by atoms with Gasteiger partial charge >= 0.3 is 0 Å². The molecule has 1 aromatic carbocycles. The zero-order valence-electron chi connectivity index (χ0n) is 12.9. The largest absolute Gasteiger partial charge is 0.346 e. The Hall–Kier alpha value is -2.20.